The minimum Gasteiger partial charge on any atom is -0.338 e. The number of hydrogen-bond donors (Lipinski definition) is 0. The molecule has 0 radical (unpaired) electrons. The third-order valence-electron chi connectivity index (χ3n) is 4.21. The van der Waals surface area contributed by atoms with E-state index in [0.717, 1.165) is 14.5 Å². The predicted octanol–water partition coefficient (Wildman–Crippen LogP) is 5.65. The average Bonchev–Trinajstić information content (AvgIpc) is 2.62. The van der Waals surface area contributed by atoms with Crippen molar-refractivity contribution in [3.63, 3.8) is 0 Å². The molecule has 4 heterocycles. The fourth-order valence-electron chi connectivity index (χ4n) is 3.14. The van der Waals surface area contributed by atoms with Gasteiger partial charge in [0.2, 0.25) is 0 Å². The van der Waals surface area contributed by atoms with Crippen molar-refractivity contribution in [3.8, 4) is 0 Å². The van der Waals surface area contributed by atoms with Gasteiger partial charge in [-0.2, -0.15) is 0 Å². The number of anilines is 1. The maximum atomic E-state index is 4.61. The fourth-order valence-corrected chi connectivity index (χ4v) is 6.27. The zero-order valence-corrected chi connectivity index (χ0v) is 15.7. The Balaban J connectivity index is 1.71. The first-order chi connectivity index (χ1) is 11.8. The van der Waals surface area contributed by atoms with Gasteiger partial charge < -0.3 is 4.90 Å². The van der Waals surface area contributed by atoms with Crippen LogP contribution in [-0.2, 0) is 0 Å². The van der Waals surface area contributed by atoms with Crippen LogP contribution >= 0.6 is 39.5 Å². The zero-order chi connectivity index (χ0) is 16.1. The summed E-state index contributed by atoms with van der Waals surface area (Å²) in [6.07, 6.45) is 3.76. The Kier molecular flexibility index (Phi) is 3.57. The maximum Gasteiger partial charge on any atom is 0.111 e. The molecule has 0 aliphatic carbocycles. The van der Waals surface area contributed by atoms with Crippen molar-refractivity contribution in [1.29, 1.82) is 0 Å². The molecule has 1 aromatic carbocycles. The second kappa shape index (κ2) is 5.79. The first-order valence-electron chi connectivity index (χ1n) is 7.58. The van der Waals surface area contributed by atoms with E-state index in [0.29, 0.717) is 0 Å². The van der Waals surface area contributed by atoms with E-state index < -0.39 is 0 Å². The van der Waals surface area contributed by atoms with Gasteiger partial charge in [-0.1, -0.05) is 51.6 Å². The normalized spacial score (nSPS) is 21.1. The van der Waals surface area contributed by atoms with Crippen LogP contribution in [0.4, 0.5) is 5.69 Å². The van der Waals surface area contributed by atoms with Crippen molar-refractivity contribution in [2.75, 3.05) is 4.90 Å². The van der Waals surface area contributed by atoms with Gasteiger partial charge in [0.15, 0.2) is 0 Å². The topological polar surface area (TPSA) is 29.0 Å². The summed E-state index contributed by atoms with van der Waals surface area (Å²) in [7, 11) is 0. The van der Waals surface area contributed by atoms with Crippen molar-refractivity contribution >= 4 is 45.1 Å². The molecule has 0 amide bonds. The third kappa shape index (κ3) is 2.28. The Morgan fingerprint density at radius 3 is 1.88 bits per heavy atom. The predicted molar refractivity (Wildman–Crippen MR) is 102 cm³/mol. The lowest BCUT2D eigenvalue weighted by molar-refractivity contribution is 0.693. The lowest BCUT2D eigenvalue weighted by Gasteiger charge is -2.46. The molecular formula is C18H12BrN3S2. The molecule has 2 aromatic heterocycles. The Hall–Kier alpha value is -1.50. The number of benzene rings is 1. The van der Waals surface area contributed by atoms with Crippen LogP contribution in [-0.4, -0.2) is 9.97 Å². The fraction of sp³-hybridized carbons (Fsp3) is 0.111. The molecule has 3 nitrogen and oxygen atoms in total. The summed E-state index contributed by atoms with van der Waals surface area (Å²) in [5, 5.41) is 2.65. The van der Waals surface area contributed by atoms with E-state index >= 15 is 0 Å². The van der Waals surface area contributed by atoms with Crippen LogP contribution in [0, 0.1) is 0 Å². The molecule has 0 spiro atoms. The number of aromatic nitrogens is 2. The van der Waals surface area contributed by atoms with E-state index in [4.69, 9.17) is 0 Å². The summed E-state index contributed by atoms with van der Waals surface area (Å²) in [6, 6.07) is 17.0. The minimum atomic E-state index is 0.198. The molecule has 0 unspecified atom stereocenters. The number of hydrogen-bond acceptors (Lipinski definition) is 5. The largest absolute Gasteiger partial charge is 0.338 e. The Morgan fingerprint density at radius 2 is 1.33 bits per heavy atom. The molecule has 5 rings (SSSR count). The average molecular weight is 414 g/mol. The summed E-state index contributed by atoms with van der Waals surface area (Å²) in [5.74, 6) is 0. The number of pyridine rings is 2. The highest BCUT2D eigenvalue weighted by molar-refractivity contribution is 9.10. The highest BCUT2D eigenvalue weighted by atomic mass is 79.9. The molecule has 0 saturated carbocycles. The smallest absolute Gasteiger partial charge is 0.111 e. The highest BCUT2D eigenvalue weighted by Crippen LogP contribution is 2.60. The van der Waals surface area contributed by atoms with Gasteiger partial charge in [0.25, 0.3) is 0 Å². The van der Waals surface area contributed by atoms with E-state index in [9.17, 15) is 0 Å². The SMILES string of the molecule is Brc1ccc(N2[C@@H]3Sc4ncccc4[C@@H]2Sc2ncccc23)cc1. The molecule has 6 heteroatoms. The van der Waals surface area contributed by atoms with Gasteiger partial charge in [0.05, 0.1) is 0 Å². The number of halogens is 1. The van der Waals surface area contributed by atoms with Crippen LogP contribution in [0.2, 0.25) is 0 Å². The number of rotatable bonds is 1. The number of thioether (sulfide) groups is 2. The summed E-state index contributed by atoms with van der Waals surface area (Å²) in [6.45, 7) is 0. The minimum absolute atomic E-state index is 0.198. The van der Waals surface area contributed by atoms with E-state index in [2.05, 4.69) is 67.2 Å². The maximum absolute atomic E-state index is 4.61. The Morgan fingerprint density at radius 1 is 0.792 bits per heavy atom. The number of nitrogens with zero attached hydrogens (tertiary/aromatic N) is 3. The standard InChI is InChI=1S/C18H12BrN3S2/c19-11-5-7-12(8-6-11)22-17-13-3-1-9-20-15(13)23-18(22)14-4-2-10-21-16(14)24-17/h1-10,17-18H/t17-,18+. The van der Waals surface area contributed by atoms with Crippen LogP contribution in [0.15, 0.2) is 75.4 Å². The van der Waals surface area contributed by atoms with Gasteiger partial charge in [0.1, 0.15) is 20.8 Å². The van der Waals surface area contributed by atoms with Gasteiger partial charge in [-0.15, -0.1) is 0 Å². The van der Waals surface area contributed by atoms with Crippen LogP contribution in [0.1, 0.15) is 21.9 Å². The van der Waals surface area contributed by atoms with Crippen LogP contribution in [0.5, 0.6) is 0 Å². The highest BCUT2D eigenvalue weighted by Gasteiger charge is 2.42. The van der Waals surface area contributed by atoms with Crippen molar-refractivity contribution in [2.45, 2.75) is 20.8 Å². The van der Waals surface area contributed by atoms with E-state index in [-0.39, 0.29) is 10.7 Å². The van der Waals surface area contributed by atoms with E-state index in [1.165, 1.54) is 16.8 Å². The summed E-state index contributed by atoms with van der Waals surface area (Å²) >= 11 is 7.16. The molecular weight excluding hydrogens is 402 g/mol. The molecule has 2 aliphatic rings. The molecule has 0 N–H and O–H groups in total. The molecule has 0 fully saturated rings. The molecule has 3 aromatic rings. The first-order valence-corrected chi connectivity index (χ1v) is 10.1. The van der Waals surface area contributed by atoms with Crippen molar-refractivity contribution < 1.29 is 0 Å². The van der Waals surface area contributed by atoms with Crippen LogP contribution in [0.3, 0.4) is 0 Å². The van der Waals surface area contributed by atoms with Gasteiger partial charge in [-0.3, -0.25) is 0 Å². The molecule has 2 atom stereocenters. The van der Waals surface area contributed by atoms with Gasteiger partial charge >= 0.3 is 0 Å². The van der Waals surface area contributed by atoms with Crippen LogP contribution in [0.25, 0.3) is 0 Å². The van der Waals surface area contributed by atoms with Crippen molar-refractivity contribution in [3.05, 3.63) is 76.5 Å². The second-order valence-electron chi connectivity index (χ2n) is 5.62. The first kappa shape index (κ1) is 14.8. The molecule has 2 aliphatic heterocycles. The zero-order valence-electron chi connectivity index (χ0n) is 12.5. The molecule has 2 bridgehead atoms. The number of fused-ring (bicyclic) bond motifs is 6. The Bertz CT molecular complexity index is 863. The third-order valence-corrected chi connectivity index (χ3v) is 7.28. The van der Waals surface area contributed by atoms with E-state index in [1.54, 1.807) is 0 Å². The van der Waals surface area contributed by atoms with Crippen molar-refractivity contribution in [1.82, 2.24) is 9.97 Å². The quantitative estimate of drug-likeness (QED) is 0.513. The Labute approximate surface area is 157 Å². The molecule has 0 saturated heterocycles. The van der Waals surface area contributed by atoms with Crippen LogP contribution < -0.4 is 4.90 Å². The second-order valence-corrected chi connectivity index (χ2v) is 8.67. The lowest BCUT2D eigenvalue weighted by Crippen LogP contribution is -2.36. The summed E-state index contributed by atoms with van der Waals surface area (Å²) in [5.41, 5.74) is 3.75. The monoisotopic (exact) mass is 413 g/mol. The van der Waals surface area contributed by atoms with Crippen molar-refractivity contribution in [2.24, 2.45) is 0 Å². The molecule has 24 heavy (non-hydrogen) atoms. The summed E-state index contributed by atoms with van der Waals surface area (Å²) in [4.78, 5) is 11.7. The van der Waals surface area contributed by atoms with Gasteiger partial charge in [0, 0.05) is 33.7 Å². The lowest BCUT2D eigenvalue weighted by atomic mass is 10.1. The van der Waals surface area contributed by atoms with E-state index in [1.807, 2.05) is 48.1 Å². The molecule has 118 valence electrons. The van der Waals surface area contributed by atoms with Gasteiger partial charge in [-0.05, 0) is 36.4 Å². The van der Waals surface area contributed by atoms with Gasteiger partial charge in [-0.25, -0.2) is 9.97 Å². The summed E-state index contributed by atoms with van der Waals surface area (Å²) < 4.78 is 1.10.